The largest absolute Gasteiger partial charge is 0.472 e. The molecule has 0 aromatic carbocycles. The first-order chi connectivity index (χ1) is 8.69. The fourth-order valence-corrected chi connectivity index (χ4v) is 1.55. The summed E-state index contributed by atoms with van der Waals surface area (Å²) in [7, 11) is 0. The predicted molar refractivity (Wildman–Crippen MR) is 66.7 cm³/mol. The Kier molecular flexibility index (Phi) is 3.59. The highest BCUT2D eigenvalue weighted by Crippen LogP contribution is 2.09. The van der Waals surface area contributed by atoms with Crippen molar-refractivity contribution >= 4 is 11.7 Å². The van der Waals surface area contributed by atoms with Gasteiger partial charge in [0.1, 0.15) is 5.82 Å². The van der Waals surface area contributed by atoms with Crippen molar-refractivity contribution in [1.29, 1.82) is 0 Å². The van der Waals surface area contributed by atoms with E-state index in [1.807, 2.05) is 0 Å². The third-order valence-electron chi connectivity index (χ3n) is 2.40. The number of nitrogens with zero attached hydrogens (tertiary/aromatic N) is 1. The number of rotatable bonds is 4. The van der Waals surface area contributed by atoms with Gasteiger partial charge in [0.05, 0.1) is 12.5 Å². The summed E-state index contributed by atoms with van der Waals surface area (Å²) in [4.78, 5) is 16.0. The molecule has 1 amide bonds. The van der Waals surface area contributed by atoms with E-state index >= 15 is 0 Å². The van der Waals surface area contributed by atoms with Crippen LogP contribution in [0.5, 0.6) is 0 Å². The van der Waals surface area contributed by atoms with E-state index in [9.17, 15) is 4.79 Å². The van der Waals surface area contributed by atoms with Gasteiger partial charge in [-0.15, -0.1) is 0 Å². The Hall–Kier alpha value is -2.34. The van der Waals surface area contributed by atoms with Crippen molar-refractivity contribution in [1.82, 2.24) is 10.3 Å². The Morgan fingerprint density at radius 3 is 3.00 bits per heavy atom. The number of aromatic nitrogens is 1. The number of anilines is 1. The number of carbonyl (C=O) groups excluding carboxylic acids is 1. The minimum Gasteiger partial charge on any atom is -0.472 e. The van der Waals surface area contributed by atoms with Gasteiger partial charge in [-0.2, -0.15) is 0 Å². The lowest BCUT2D eigenvalue weighted by Crippen LogP contribution is -2.23. The molecule has 0 bridgehead atoms. The Morgan fingerprint density at radius 2 is 2.33 bits per heavy atom. The van der Waals surface area contributed by atoms with Crippen LogP contribution in [0.15, 0.2) is 35.1 Å². The summed E-state index contributed by atoms with van der Waals surface area (Å²) in [6, 6.07) is 5.09. The van der Waals surface area contributed by atoms with E-state index in [-0.39, 0.29) is 5.91 Å². The van der Waals surface area contributed by atoms with Crippen molar-refractivity contribution in [3.63, 3.8) is 0 Å². The molecule has 2 aromatic heterocycles. The molecule has 0 saturated carbocycles. The topological polar surface area (TPSA) is 93.2 Å². The Bertz CT molecular complexity index is 537. The second kappa shape index (κ2) is 5.33. The summed E-state index contributed by atoms with van der Waals surface area (Å²) in [6.45, 7) is 2.22. The van der Waals surface area contributed by atoms with Crippen molar-refractivity contribution in [3.05, 3.63) is 47.5 Å². The zero-order valence-corrected chi connectivity index (χ0v) is 9.93. The molecule has 6 heteroatoms. The molecule has 2 aromatic rings. The second-order valence-electron chi connectivity index (χ2n) is 3.84. The van der Waals surface area contributed by atoms with Crippen LogP contribution in [0, 0.1) is 6.92 Å². The molecule has 0 aliphatic rings. The van der Waals surface area contributed by atoms with Crippen molar-refractivity contribution in [3.8, 4) is 0 Å². The number of hydrazine groups is 1. The summed E-state index contributed by atoms with van der Waals surface area (Å²) >= 11 is 0. The number of furan rings is 1. The van der Waals surface area contributed by atoms with E-state index in [0.29, 0.717) is 17.9 Å². The van der Waals surface area contributed by atoms with Crippen LogP contribution in [-0.2, 0) is 6.54 Å². The molecule has 2 rings (SSSR count). The molecule has 0 unspecified atom stereocenters. The minimum absolute atomic E-state index is 0.182. The van der Waals surface area contributed by atoms with Gasteiger partial charge in [0.2, 0.25) is 0 Å². The van der Waals surface area contributed by atoms with E-state index in [4.69, 9.17) is 10.3 Å². The lowest BCUT2D eigenvalue weighted by Gasteiger charge is -2.06. The average Bonchev–Trinajstić information content (AvgIpc) is 2.88. The maximum absolute atomic E-state index is 11.9. The van der Waals surface area contributed by atoms with Crippen LogP contribution >= 0.6 is 0 Å². The van der Waals surface area contributed by atoms with Crippen molar-refractivity contribution in [2.45, 2.75) is 13.5 Å². The van der Waals surface area contributed by atoms with Crippen LogP contribution in [0.1, 0.15) is 21.6 Å². The van der Waals surface area contributed by atoms with Crippen LogP contribution in [0.3, 0.4) is 0 Å². The predicted octanol–water partition coefficient (Wildman–Crippen LogP) is 1.20. The van der Waals surface area contributed by atoms with Gasteiger partial charge < -0.3 is 15.2 Å². The molecular weight excluding hydrogens is 232 g/mol. The molecule has 0 aliphatic carbocycles. The summed E-state index contributed by atoms with van der Waals surface area (Å²) in [5.41, 5.74) is 4.57. The summed E-state index contributed by atoms with van der Waals surface area (Å²) in [5, 5.41) is 2.78. The highest BCUT2D eigenvalue weighted by Gasteiger charge is 2.08. The van der Waals surface area contributed by atoms with E-state index in [2.05, 4.69) is 15.7 Å². The highest BCUT2D eigenvalue weighted by atomic mass is 16.3. The standard InChI is InChI=1S/C12H14N4O2/c1-8-4-10(5-11(15-8)16-13)12(17)14-6-9-2-3-18-7-9/h2-5,7H,6,13H2,1H3,(H,14,17)(H,15,16). The van der Waals surface area contributed by atoms with Gasteiger partial charge in [0.25, 0.3) is 5.91 Å². The lowest BCUT2D eigenvalue weighted by atomic mass is 10.2. The van der Waals surface area contributed by atoms with Crippen LogP contribution in [0.2, 0.25) is 0 Å². The first kappa shape index (κ1) is 12.1. The molecule has 18 heavy (non-hydrogen) atoms. The molecule has 0 fully saturated rings. The van der Waals surface area contributed by atoms with Gasteiger partial charge in [0.15, 0.2) is 0 Å². The molecule has 4 N–H and O–H groups in total. The maximum Gasteiger partial charge on any atom is 0.251 e. The van der Waals surface area contributed by atoms with Crippen molar-refractivity contribution < 1.29 is 9.21 Å². The number of nitrogens with one attached hydrogen (secondary N) is 2. The molecule has 2 heterocycles. The quantitative estimate of drug-likeness (QED) is 0.556. The molecule has 0 spiro atoms. The van der Waals surface area contributed by atoms with Gasteiger partial charge in [-0.25, -0.2) is 10.8 Å². The first-order valence-electron chi connectivity index (χ1n) is 5.43. The number of nitrogens with two attached hydrogens (primary N) is 1. The average molecular weight is 246 g/mol. The van der Waals surface area contributed by atoms with Gasteiger partial charge in [-0.3, -0.25) is 4.79 Å². The molecular formula is C12H14N4O2. The number of nitrogen functional groups attached to an aromatic ring is 1. The van der Waals surface area contributed by atoms with E-state index in [1.54, 1.807) is 37.6 Å². The Labute approximate surface area is 104 Å². The first-order valence-corrected chi connectivity index (χ1v) is 5.43. The molecule has 0 atom stereocenters. The summed E-state index contributed by atoms with van der Waals surface area (Å²) < 4.78 is 4.92. The number of amides is 1. The van der Waals surface area contributed by atoms with E-state index in [0.717, 1.165) is 11.3 Å². The molecule has 0 aliphatic heterocycles. The SMILES string of the molecule is Cc1cc(C(=O)NCc2ccoc2)cc(NN)n1. The number of hydrogen-bond donors (Lipinski definition) is 3. The molecule has 6 nitrogen and oxygen atoms in total. The lowest BCUT2D eigenvalue weighted by molar-refractivity contribution is 0.0950. The van der Waals surface area contributed by atoms with Gasteiger partial charge in [-0.1, -0.05) is 0 Å². The highest BCUT2D eigenvalue weighted by molar-refractivity contribution is 5.94. The number of hydrogen-bond acceptors (Lipinski definition) is 5. The third-order valence-corrected chi connectivity index (χ3v) is 2.40. The summed E-state index contributed by atoms with van der Waals surface area (Å²) in [5.74, 6) is 5.56. The zero-order chi connectivity index (χ0) is 13.0. The van der Waals surface area contributed by atoms with Crippen LogP contribution < -0.4 is 16.6 Å². The number of pyridine rings is 1. The smallest absolute Gasteiger partial charge is 0.251 e. The van der Waals surface area contributed by atoms with Crippen LogP contribution in [0.25, 0.3) is 0 Å². The molecule has 0 radical (unpaired) electrons. The van der Waals surface area contributed by atoms with Crippen LogP contribution in [0.4, 0.5) is 5.82 Å². The fourth-order valence-electron chi connectivity index (χ4n) is 1.55. The minimum atomic E-state index is -0.182. The molecule has 0 saturated heterocycles. The van der Waals surface area contributed by atoms with Gasteiger partial charge in [0, 0.05) is 23.4 Å². The monoisotopic (exact) mass is 246 g/mol. The van der Waals surface area contributed by atoms with Crippen molar-refractivity contribution in [2.75, 3.05) is 5.43 Å². The normalized spacial score (nSPS) is 10.1. The second-order valence-corrected chi connectivity index (χ2v) is 3.84. The van der Waals surface area contributed by atoms with E-state index in [1.165, 1.54) is 0 Å². The Balaban J connectivity index is 2.06. The van der Waals surface area contributed by atoms with Crippen LogP contribution in [-0.4, -0.2) is 10.9 Å². The fraction of sp³-hybridized carbons (Fsp3) is 0.167. The van der Waals surface area contributed by atoms with E-state index < -0.39 is 0 Å². The van der Waals surface area contributed by atoms with Gasteiger partial charge in [-0.05, 0) is 25.1 Å². The van der Waals surface area contributed by atoms with Crippen molar-refractivity contribution in [2.24, 2.45) is 5.84 Å². The van der Waals surface area contributed by atoms with Gasteiger partial charge >= 0.3 is 0 Å². The third kappa shape index (κ3) is 2.86. The molecule has 94 valence electrons. The Morgan fingerprint density at radius 1 is 1.50 bits per heavy atom. The zero-order valence-electron chi connectivity index (χ0n) is 9.93. The summed E-state index contributed by atoms with van der Waals surface area (Å²) in [6.07, 6.45) is 3.15. The maximum atomic E-state index is 11.9. The number of aryl methyl sites for hydroxylation is 1. The number of carbonyl (C=O) groups is 1.